The molecule has 2 aromatic rings. The number of rotatable bonds is 5. The number of aromatic nitrogens is 1. The van der Waals surface area contributed by atoms with Gasteiger partial charge >= 0.3 is 0 Å². The summed E-state index contributed by atoms with van der Waals surface area (Å²) in [4.78, 5) is 17.4. The lowest BCUT2D eigenvalue weighted by molar-refractivity contribution is -0.129. The standard InChI is InChI=1S/C18H20Cl2N2O2S/c1-11-10-25-17(21-11)18(8-3-4-9-18)22-16(23)12(2)24-14-7-5-6-13(19)15(14)20/h5-7,10,12H,3-4,8-9H2,1-2H3,(H,22,23). The molecule has 4 nitrogen and oxygen atoms in total. The van der Waals surface area contributed by atoms with Crippen LogP contribution in [0.5, 0.6) is 5.75 Å². The topological polar surface area (TPSA) is 51.2 Å². The number of carbonyl (C=O) groups excluding carboxylic acids is 1. The summed E-state index contributed by atoms with van der Waals surface area (Å²) >= 11 is 13.7. The minimum Gasteiger partial charge on any atom is -0.479 e. The van der Waals surface area contributed by atoms with E-state index >= 15 is 0 Å². The number of amides is 1. The normalized spacial score (nSPS) is 17.3. The molecule has 0 aliphatic heterocycles. The summed E-state index contributed by atoms with van der Waals surface area (Å²) in [7, 11) is 0. The molecule has 1 heterocycles. The lowest BCUT2D eigenvalue weighted by atomic mass is 9.98. The van der Waals surface area contributed by atoms with E-state index in [9.17, 15) is 4.79 Å². The second-order valence-corrected chi connectivity index (χ2v) is 8.03. The molecule has 1 N–H and O–H groups in total. The van der Waals surface area contributed by atoms with Crippen molar-refractivity contribution in [1.82, 2.24) is 10.3 Å². The van der Waals surface area contributed by atoms with Crippen LogP contribution in [0.2, 0.25) is 10.0 Å². The van der Waals surface area contributed by atoms with E-state index in [0.717, 1.165) is 36.4 Å². The van der Waals surface area contributed by atoms with Gasteiger partial charge in [0.15, 0.2) is 6.10 Å². The van der Waals surface area contributed by atoms with Crippen molar-refractivity contribution in [3.63, 3.8) is 0 Å². The fourth-order valence-electron chi connectivity index (χ4n) is 3.10. The molecule has 1 aliphatic rings. The number of carbonyl (C=O) groups is 1. The summed E-state index contributed by atoms with van der Waals surface area (Å²) in [6, 6.07) is 5.12. The van der Waals surface area contributed by atoms with Gasteiger partial charge in [-0.05, 0) is 38.8 Å². The molecule has 1 aliphatic carbocycles. The Bertz CT molecular complexity index is 772. The summed E-state index contributed by atoms with van der Waals surface area (Å²) in [5.41, 5.74) is 0.599. The van der Waals surface area contributed by atoms with E-state index in [1.165, 1.54) is 0 Å². The zero-order valence-corrected chi connectivity index (χ0v) is 16.5. The Morgan fingerprint density at radius 3 is 2.72 bits per heavy atom. The lowest BCUT2D eigenvalue weighted by Gasteiger charge is -2.29. The number of aryl methyl sites for hydroxylation is 1. The van der Waals surface area contributed by atoms with Gasteiger partial charge in [0, 0.05) is 11.1 Å². The van der Waals surface area contributed by atoms with Gasteiger partial charge in [-0.1, -0.05) is 42.1 Å². The van der Waals surface area contributed by atoms with Crippen LogP contribution in [0, 0.1) is 6.92 Å². The first kappa shape index (κ1) is 18.5. The van der Waals surface area contributed by atoms with Gasteiger partial charge in [-0.15, -0.1) is 11.3 Å². The predicted molar refractivity (Wildman–Crippen MR) is 102 cm³/mol. The smallest absolute Gasteiger partial charge is 0.261 e. The average molecular weight is 399 g/mol. The van der Waals surface area contributed by atoms with E-state index in [0.29, 0.717) is 15.8 Å². The molecule has 1 fully saturated rings. The summed E-state index contributed by atoms with van der Waals surface area (Å²) in [6.07, 6.45) is 3.27. The van der Waals surface area contributed by atoms with E-state index in [-0.39, 0.29) is 11.4 Å². The van der Waals surface area contributed by atoms with Crippen LogP contribution < -0.4 is 10.1 Å². The molecule has 134 valence electrons. The number of ether oxygens (including phenoxy) is 1. The van der Waals surface area contributed by atoms with E-state index in [1.54, 1.807) is 36.5 Å². The Labute approximate surface area is 161 Å². The number of thiazole rings is 1. The Kier molecular flexibility index (Phi) is 5.56. The molecule has 0 bridgehead atoms. The minimum absolute atomic E-state index is 0.175. The number of halogens is 2. The highest BCUT2D eigenvalue weighted by atomic mass is 35.5. The number of hydrogen-bond acceptors (Lipinski definition) is 4. The Morgan fingerprint density at radius 2 is 2.08 bits per heavy atom. The van der Waals surface area contributed by atoms with Crippen LogP contribution in [-0.4, -0.2) is 17.0 Å². The number of hydrogen-bond donors (Lipinski definition) is 1. The van der Waals surface area contributed by atoms with Crippen LogP contribution in [0.3, 0.4) is 0 Å². The molecule has 1 aromatic heterocycles. The average Bonchev–Trinajstić information content (AvgIpc) is 3.21. The zero-order valence-electron chi connectivity index (χ0n) is 14.1. The zero-order chi connectivity index (χ0) is 18.0. The third-order valence-electron chi connectivity index (χ3n) is 4.44. The molecule has 25 heavy (non-hydrogen) atoms. The minimum atomic E-state index is -0.686. The maximum atomic E-state index is 12.7. The van der Waals surface area contributed by atoms with Crippen molar-refractivity contribution in [2.24, 2.45) is 0 Å². The van der Waals surface area contributed by atoms with Crippen LogP contribution in [0.25, 0.3) is 0 Å². The molecular formula is C18H20Cl2N2O2S. The molecule has 0 radical (unpaired) electrons. The van der Waals surface area contributed by atoms with Crippen LogP contribution >= 0.6 is 34.5 Å². The van der Waals surface area contributed by atoms with Crippen molar-refractivity contribution in [2.75, 3.05) is 0 Å². The molecule has 3 rings (SSSR count). The van der Waals surface area contributed by atoms with Crippen molar-refractivity contribution < 1.29 is 9.53 Å². The maximum Gasteiger partial charge on any atom is 0.261 e. The van der Waals surface area contributed by atoms with Crippen molar-refractivity contribution in [2.45, 2.75) is 51.2 Å². The third kappa shape index (κ3) is 3.94. The fraction of sp³-hybridized carbons (Fsp3) is 0.444. The predicted octanol–water partition coefficient (Wildman–Crippen LogP) is 5.11. The Morgan fingerprint density at radius 1 is 1.36 bits per heavy atom. The second kappa shape index (κ2) is 7.52. The fourth-order valence-corrected chi connectivity index (χ4v) is 4.45. The Hall–Kier alpha value is -1.30. The summed E-state index contributed by atoms with van der Waals surface area (Å²) in [5, 5.41) is 6.90. The van der Waals surface area contributed by atoms with Gasteiger partial charge in [0.1, 0.15) is 15.8 Å². The van der Waals surface area contributed by atoms with Gasteiger partial charge in [0.05, 0.1) is 10.6 Å². The van der Waals surface area contributed by atoms with Crippen LogP contribution in [0.4, 0.5) is 0 Å². The highest BCUT2D eigenvalue weighted by molar-refractivity contribution is 7.09. The first-order valence-electron chi connectivity index (χ1n) is 8.26. The lowest BCUT2D eigenvalue weighted by Crippen LogP contribution is -2.48. The van der Waals surface area contributed by atoms with Gasteiger partial charge in [0.2, 0.25) is 0 Å². The molecule has 1 amide bonds. The van der Waals surface area contributed by atoms with Gasteiger partial charge in [-0.2, -0.15) is 0 Å². The Balaban J connectivity index is 1.74. The van der Waals surface area contributed by atoms with E-state index in [2.05, 4.69) is 10.3 Å². The van der Waals surface area contributed by atoms with Crippen molar-refractivity contribution in [3.8, 4) is 5.75 Å². The second-order valence-electron chi connectivity index (χ2n) is 6.38. The highest BCUT2D eigenvalue weighted by Crippen LogP contribution is 2.40. The van der Waals surface area contributed by atoms with E-state index in [4.69, 9.17) is 27.9 Å². The maximum absolute atomic E-state index is 12.7. The first-order chi connectivity index (χ1) is 11.9. The number of nitrogens with zero attached hydrogens (tertiary/aromatic N) is 1. The summed E-state index contributed by atoms with van der Waals surface area (Å²) < 4.78 is 5.74. The summed E-state index contributed by atoms with van der Waals surface area (Å²) in [5.74, 6) is 0.230. The first-order valence-corrected chi connectivity index (χ1v) is 9.90. The van der Waals surface area contributed by atoms with Gasteiger partial charge in [-0.3, -0.25) is 4.79 Å². The van der Waals surface area contributed by atoms with Crippen LogP contribution in [-0.2, 0) is 10.3 Å². The number of benzene rings is 1. The van der Waals surface area contributed by atoms with E-state index < -0.39 is 6.10 Å². The molecule has 1 saturated carbocycles. The van der Waals surface area contributed by atoms with Crippen LogP contribution in [0.15, 0.2) is 23.6 Å². The van der Waals surface area contributed by atoms with Crippen molar-refractivity contribution in [3.05, 3.63) is 44.3 Å². The third-order valence-corrected chi connectivity index (χ3v) is 6.40. The molecule has 1 atom stereocenters. The van der Waals surface area contributed by atoms with Crippen molar-refractivity contribution in [1.29, 1.82) is 0 Å². The van der Waals surface area contributed by atoms with Gasteiger partial charge in [0.25, 0.3) is 5.91 Å². The molecule has 1 unspecified atom stereocenters. The number of nitrogens with one attached hydrogen (secondary N) is 1. The quantitative estimate of drug-likeness (QED) is 0.760. The molecule has 0 spiro atoms. The molecule has 7 heteroatoms. The van der Waals surface area contributed by atoms with E-state index in [1.807, 2.05) is 12.3 Å². The molecule has 0 saturated heterocycles. The molecular weight excluding hydrogens is 379 g/mol. The SMILES string of the molecule is Cc1csc(C2(NC(=O)C(C)Oc3cccc(Cl)c3Cl)CCCC2)n1. The van der Waals surface area contributed by atoms with Gasteiger partial charge in [-0.25, -0.2) is 4.98 Å². The highest BCUT2D eigenvalue weighted by Gasteiger charge is 2.40. The van der Waals surface area contributed by atoms with Crippen molar-refractivity contribution >= 4 is 40.4 Å². The largest absolute Gasteiger partial charge is 0.479 e. The molecule has 1 aromatic carbocycles. The monoisotopic (exact) mass is 398 g/mol. The summed E-state index contributed by atoms with van der Waals surface area (Å²) in [6.45, 7) is 3.68. The van der Waals surface area contributed by atoms with Gasteiger partial charge < -0.3 is 10.1 Å². The van der Waals surface area contributed by atoms with Crippen LogP contribution in [0.1, 0.15) is 43.3 Å².